The molecule has 21 heavy (non-hydrogen) atoms. The SMILES string of the molecule is COC(=O)c1ccc2c(c1)OCC(C1CCOCC1)NC2. The summed E-state index contributed by atoms with van der Waals surface area (Å²) in [5.74, 6) is 1.03. The molecule has 0 bridgehead atoms. The van der Waals surface area contributed by atoms with Gasteiger partial charge in [-0.3, -0.25) is 0 Å². The second kappa shape index (κ2) is 6.45. The minimum absolute atomic E-state index is 0.334. The van der Waals surface area contributed by atoms with Crippen LogP contribution in [0.25, 0.3) is 0 Å². The number of methoxy groups -OCH3 is 1. The third-order valence-corrected chi connectivity index (χ3v) is 4.30. The van der Waals surface area contributed by atoms with Crippen molar-refractivity contribution in [2.45, 2.75) is 25.4 Å². The Kier molecular flexibility index (Phi) is 4.41. The van der Waals surface area contributed by atoms with E-state index in [2.05, 4.69) is 5.32 Å². The van der Waals surface area contributed by atoms with Gasteiger partial charge in [0.2, 0.25) is 0 Å². The van der Waals surface area contributed by atoms with Crippen molar-refractivity contribution in [3.8, 4) is 5.75 Å². The van der Waals surface area contributed by atoms with Gasteiger partial charge in [0.25, 0.3) is 0 Å². The standard InChI is InChI=1S/C16H21NO4/c1-19-16(18)12-2-3-13-9-17-14(10-21-15(13)8-12)11-4-6-20-7-5-11/h2-3,8,11,14,17H,4-7,9-10H2,1H3. The predicted molar refractivity (Wildman–Crippen MR) is 77.4 cm³/mol. The molecule has 0 radical (unpaired) electrons. The summed E-state index contributed by atoms with van der Waals surface area (Å²) in [6, 6.07) is 5.82. The number of carbonyl (C=O) groups excluding carboxylic acids is 1. The maximum Gasteiger partial charge on any atom is 0.337 e. The van der Waals surface area contributed by atoms with Crippen molar-refractivity contribution in [1.29, 1.82) is 0 Å². The first-order valence-corrected chi connectivity index (χ1v) is 7.43. The molecule has 1 fully saturated rings. The van der Waals surface area contributed by atoms with Crippen LogP contribution in [-0.4, -0.2) is 38.9 Å². The monoisotopic (exact) mass is 291 g/mol. The molecule has 0 spiro atoms. The fourth-order valence-corrected chi connectivity index (χ4v) is 2.98. The molecule has 1 atom stereocenters. The lowest BCUT2D eigenvalue weighted by atomic mass is 9.92. The largest absolute Gasteiger partial charge is 0.492 e. The fraction of sp³-hybridized carbons (Fsp3) is 0.562. The minimum atomic E-state index is -0.334. The van der Waals surface area contributed by atoms with Gasteiger partial charge in [-0.05, 0) is 30.9 Å². The highest BCUT2D eigenvalue weighted by molar-refractivity contribution is 5.89. The second-order valence-corrected chi connectivity index (χ2v) is 5.56. The van der Waals surface area contributed by atoms with Gasteiger partial charge in [0.15, 0.2) is 0 Å². The topological polar surface area (TPSA) is 56.8 Å². The zero-order chi connectivity index (χ0) is 14.7. The summed E-state index contributed by atoms with van der Waals surface area (Å²) in [7, 11) is 1.39. The number of carbonyl (C=O) groups is 1. The van der Waals surface area contributed by atoms with E-state index in [0.29, 0.717) is 24.1 Å². The molecule has 1 aromatic carbocycles. The Labute approximate surface area is 124 Å². The number of rotatable bonds is 2. The van der Waals surface area contributed by atoms with Crippen molar-refractivity contribution in [3.63, 3.8) is 0 Å². The average molecular weight is 291 g/mol. The van der Waals surface area contributed by atoms with E-state index in [0.717, 1.165) is 43.9 Å². The van der Waals surface area contributed by atoms with E-state index < -0.39 is 0 Å². The molecule has 2 aliphatic heterocycles. The quantitative estimate of drug-likeness (QED) is 0.841. The molecular weight excluding hydrogens is 270 g/mol. The van der Waals surface area contributed by atoms with Crippen LogP contribution in [0.1, 0.15) is 28.8 Å². The molecule has 1 unspecified atom stereocenters. The Morgan fingerprint density at radius 1 is 1.33 bits per heavy atom. The lowest BCUT2D eigenvalue weighted by Crippen LogP contribution is -2.41. The highest BCUT2D eigenvalue weighted by Crippen LogP contribution is 2.27. The third-order valence-electron chi connectivity index (χ3n) is 4.30. The van der Waals surface area contributed by atoms with Crippen LogP contribution in [0.3, 0.4) is 0 Å². The molecule has 1 N–H and O–H groups in total. The van der Waals surface area contributed by atoms with Crippen LogP contribution < -0.4 is 10.1 Å². The molecule has 1 aromatic rings. The Balaban J connectivity index is 1.71. The lowest BCUT2D eigenvalue weighted by molar-refractivity contribution is 0.0470. The number of ether oxygens (including phenoxy) is 3. The van der Waals surface area contributed by atoms with Gasteiger partial charge < -0.3 is 19.5 Å². The third kappa shape index (κ3) is 3.19. The zero-order valence-electron chi connectivity index (χ0n) is 12.3. The van der Waals surface area contributed by atoms with Crippen molar-refractivity contribution in [3.05, 3.63) is 29.3 Å². The Hall–Kier alpha value is -1.59. The van der Waals surface area contributed by atoms with E-state index >= 15 is 0 Å². The first-order chi connectivity index (χ1) is 10.3. The summed E-state index contributed by atoms with van der Waals surface area (Å²) < 4.78 is 16.1. The summed E-state index contributed by atoms with van der Waals surface area (Å²) in [5, 5.41) is 3.57. The number of hydrogen-bond donors (Lipinski definition) is 1. The van der Waals surface area contributed by atoms with Crippen LogP contribution in [0, 0.1) is 5.92 Å². The van der Waals surface area contributed by atoms with Crippen molar-refractivity contribution < 1.29 is 19.0 Å². The number of fused-ring (bicyclic) bond motifs is 1. The summed E-state index contributed by atoms with van der Waals surface area (Å²) in [6.45, 7) is 3.06. The lowest BCUT2D eigenvalue weighted by Gasteiger charge is -2.29. The molecule has 2 heterocycles. The summed E-state index contributed by atoms with van der Waals surface area (Å²) in [4.78, 5) is 11.6. The fourth-order valence-electron chi connectivity index (χ4n) is 2.98. The minimum Gasteiger partial charge on any atom is -0.492 e. The van der Waals surface area contributed by atoms with Crippen LogP contribution >= 0.6 is 0 Å². The van der Waals surface area contributed by atoms with E-state index in [1.807, 2.05) is 6.07 Å². The first-order valence-electron chi connectivity index (χ1n) is 7.43. The number of nitrogens with one attached hydrogen (secondary N) is 1. The van der Waals surface area contributed by atoms with Gasteiger partial charge in [0, 0.05) is 31.4 Å². The Bertz CT molecular complexity index is 511. The number of esters is 1. The molecule has 3 rings (SSSR count). The van der Waals surface area contributed by atoms with E-state index in [9.17, 15) is 4.79 Å². The summed E-state index contributed by atoms with van der Waals surface area (Å²) in [6.07, 6.45) is 2.15. The first kappa shape index (κ1) is 14.4. The summed E-state index contributed by atoms with van der Waals surface area (Å²) >= 11 is 0. The van der Waals surface area contributed by atoms with Gasteiger partial charge in [-0.1, -0.05) is 6.07 Å². The molecule has 0 aliphatic carbocycles. The van der Waals surface area contributed by atoms with E-state index in [4.69, 9.17) is 14.2 Å². The van der Waals surface area contributed by atoms with Gasteiger partial charge in [0.05, 0.1) is 12.7 Å². The molecule has 5 heteroatoms. The van der Waals surface area contributed by atoms with Crippen LogP contribution in [0.2, 0.25) is 0 Å². The molecule has 0 saturated carbocycles. The molecule has 0 aromatic heterocycles. The molecular formula is C16H21NO4. The van der Waals surface area contributed by atoms with Gasteiger partial charge >= 0.3 is 5.97 Å². The summed E-state index contributed by atoms with van der Waals surface area (Å²) in [5.41, 5.74) is 1.61. The predicted octanol–water partition coefficient (Wildman–Crippen LogP) is 1.75. The van der Waals surface area contributed by atoms with Gasteiger partial charge in [-0.2, -0.15) is 0 Å². The van der Waals surface area contributed by atoms with Gasteiger partial charge in [-0.25, -0.2) is 4.79 Å². The molecule has 1 saturated heterocycles. The molecule has 2 aliphatic rings. The smallest absolute Gasteiger partial charge is 0.337 e. The van der Waals surface area contributed by atoms with Crippen molar-refractivity contribution in [1.82, 2.24) is 5.32 Å². The highest BCUT2D eigenvalue weighted by atomic mass is 16.5. The van der Waals surface area contributed by atoms with Crippen LogP contribution in [0.4, 0.5) is 0 Å². The molecule has 0 amide bonds. The molecule has 114 valence electrons. The maximum atomic E-state index is 11.6. The van der Waals surface area contributed by atoms with Crippen LogP contribution in [0.15, 0.2) is 18.2 Å². The average Bonchev–Trinajstić information content (AvgIpc) is 2.77. The highest BCUT2D eigenvalue weighted by Gasteiger charge is 2.27. The van der Waals surface area contributed by atoms with E-state index in [-0.39, 0.29) is 5.97 Å². The number of benzene rings is 1. The zero-order valence-corrected chi connectivity index (χ0v) is 12.3. The van der Waals surface area contributed by atoms with Crippen molar-refractivity contribution >= 4 is 5.97 Å². The Morgan fingerprint density at radius 3 is 2.90 bits per heavy atom. The maximum absolute atomic E-state index is 11.6. The normalized spacial score (nSPS) is 22.8. The van der Waals surface area contributed by atoms with Crippen molar-refractivity contribution in [2.75, 3.05) is 26.9 Å². The van der Waals surface area contributed by atoms with Crippen LogP contribution in [0.5, 0.6) is 5.75 Å². The van der Waals surface area contributed by atoms with Gasteiger partial charge in [0.1, 0.15) is 12.4 Å². The van der Waals surface area contributed by atoms with Gasteiger partial charge in [-0.15, -0.1) is 0 Å². The number of hydrogen-bond acceptors (Lipinski definition) is 5. The van der Waals surface area contributed by atoms with E-state index in [1.54, 1.807) is 12.1 Å². The van der Waals surface area contributed by atoms with E-state index in [1.165, 1.54) is 7.11 Å². The second-order valence-electron chi connectivity index (χ2n) is 5.56. The van der Waals surface area contributed by atoms with Crippen LogP contribution in [-0.2, 0) is 16.0 Å². The van der Waals surface area contributed by atoms with Crippen molar-refractivity contribution in [2.24, 2.45) is 5.92 Å². The Morgan fingerprint density at radius 2 is 2.14 bits per heavy atom. The molecule has 5 nitrogen and oxygen atoms in total.